The Morgan fingerprint density at radius 1 is 1.33 bits per heavy atom. The Bertz CT molecular complexity index is 490. The van der Waals surface area contributed by atoms with E-state index in [9.17, 15) is 4.79 Å². The minimum atomic E-state index is 0.129. The summed E-state index contributed by atoms with van der Waals surface area (Å²) in [7, 11) is 0. The molecule has 0 saturated heterocycles. The number of hydrogen-bond donors (Lipinski definition) is 0. The number of carbonyl (C=O) groups excluding carboxylic acids is 1. The molecule has 2 nitrogen and oxygen atoms in total. The van der Waals surface area contributed by atoms with E-state index in [-0.39, 0.29) is 5.12 Å². The average Bonchev–Trinajstić information content (AvgIpc) is 2.26. The second-order valence-corrected chi connectivity index (χ2v) is 4.41. The van der Waals surface area contributed by atoms with E-state index < -0.39 is 0 Å². The van der Waals surface area contributed by atoms with Crippen LogP contribution in [0.4, 0.5) is 0 Å². The van der Waals surface area contributed by atoms with Crippen LogP contribution in [0, 0.1) is 0 Å². The Morgan fingerprint density at radius 2 is 2.13 bits per heavy atom. The summed E-state index contributed by atoms with van der Waals surface area (Å²) in [6, 6.07) is 10.1. The van der Waals surface area contributed by atoms with Crippen molar-refractivity contribution in [3.05, 3.63) is 42.2 Å². The van der Waals surface area contributed by atoms with Gasteiger partial charge in [0.05, 0.1) is 5.69 Å². The molecule has 1 aromatic heterocycles. The lowest BCUT2D eigenvalue weighted by molar-refractivity contribution is -0.109. The lowest BCUT2D eigenvalue weighted by Gasteiger charge is -2.03. The summed E-state index contributed by atoms with van der Waals surface area (Å²) >= 11 is 1.30. The molecular weight excluding hydrogens is 206 g/mol. The summed E-state index contributed by atoms with van der Waals surface area (Å²) in [6.45, 7) is 1.58. The Balaban J connectivity index is 2.38. The Kier molecular flexibility index (Phi) is 3.02. The number of benzene rings is 1. The fourth-order valence-corrected chi connectivity index (χ4v) is 2.04. The lowest BCUT2D eigenvalue weighted by Crippen LogP contribution is -1.91. The molecule has 1 heterocycles. The third-order valence-corrected chi connectivity index (χ3v) is 2.99. The van der Waals surface area contributed by atoms with Crippen molar-refractivity contribution in [3.63, 3.8) is 0 Å². The summed E-state index contributed by atoms with van der Waals surface area (Å²) in [4.78, 5) is 15.2. The van der Waals surface area contributed by atoms with E-state index >= 15 is 0 Å². The van der Waals surface area contributed by atoms with Crippen LogP contribution in [0.5, 0.6) is 0 Å². The lowest BCUT2D eigenvalue weighted by atomic mass is 10.1. The van der Waals surface area contributed by atoms with Gasteiger partial charge in [-0.1, -0.05) is 36.0 Å². The van der Waals surface area contributed by atoms with Crippen LogP contribution in [-0.2, 0) is 10.5 Å². The largest absolute Gasteiger partial charge is 0.288 e. The highest BCUT2D eigenvalue weighted by Crippen LogP contribution is 2.20. The predicted molar refractivity (Wildman–Crippen MR) is 63.7 cm³/mol. The van der Waals surface area contributed by atoms with E-state index in [1.807, 2.05) is 24.3 Å². The third-order valence-electron chi connectivity index (χ3n) is 2.17. The van der Waals surface area contributed by atoms with E-state index in [1.54, 1.807) is 13.1 Å². The summed E-state index contributed by atoms with van der Waals surface area (Å²) in [5.74, 6) is 0.649. The highest BCUT2D eigenvalue weighted by molar-refractivity contribution is 8.12. The maximum absolute atomic E-state index is 10.9. The van der Waals surface area contributed by atoms with Crippen molar-refractivity contribution in [3.8, 4) is 0 Å². The first-order chi connectivity index (χ1) is 7.27. The first kappa shape index (κ1) is 10.2. The van der Waals surface area contributed by atoms with Crippen molar-refractivity contribution < 1.29 is 4.79 Å². The van der Waals surface area contributed by atoms with Gasteiger partial charge in [0.15, 0.2) is 5.12 Å². The van der Waals surface area contributed by atoms with Crippen molar-refractivity contribution >= 4 is 27.6 Å². The molecule has 0 bridgehead atoms. The molecule has 0 radical (unpaired) electrons. The summed E-state index contributed by atoms with van der Waals surface area (Å²) in [5, 5.41) is 2.44. The smallest absolute Gasteiger partial charge is 0.186 e. The monoisotopic (exact) mass is 217 g/mol. The molecule has 0 spiro atoms. The maximum atomic E-state index is 10.9. The summed E-state index contributed by atoms with van der Waals surface area (Å²) in [5.41, 5.74) is 0.980. The van der Waals surface area contributed by atoms with E-state index in [0.29, 0.717) is 5.75 Å². The van der Waals surface area contributed by atoms with Gasteiger partial charge in [0.1, 0.15) is 0 Å². The number of rotatable bonds is 2. The quantitative estimate of drug-likeness (QED) is 0.774. The first-order valence-electron chi connectivity index (χ1n) is 4.73. The molecule has 0 fully saturated rings. The number of pyridine rings is 1. The van der Waals surface area contributed by atoms with Gasteiger partial charge < -0.3 is 0 Å². The molecule has 0 aliphatic rings. The minimum absolute atomic E-state index is 0.129. The highest BCUT2D eigenvalue weighted by atomic mass is 32.2. The van der Waals surface area contributed by atoms with Crippen molar-refractivity contribution in [2.24, 2.45) is 0 Å². The van der Waals surface area contributed by atoms with Gasteiger partial charge in [0, 0.05) is 24.3 Å². The van der Waals surface area contributed by atoms with Gasteiger partial charge in [-0.15, -0.1) is 0 Å². The number of nitrogens with zero attached hydrogens (tertiary/aromatic N) is 1. The van der Waals surface area contributed by atoms with Crippen molar-refractivity contribution in [1.29, 1.82) is 0 Å². The van der Waals surface area contributed by atoms with Crippen LogP contribution < -0.4 is 0 Å². The van der Waals surface area contributed by atoms with Crippen LogP contribution in [0.1, 0.15) is 12.6 Å². The van der Waals surface area contributed by atoms with Crippen molar-refractivity contribution in [2.45, 2.75) is 12.7 Å². The van der Waals surface area contributed by atoms with Gasteiger partial charge >= 0.3 is 0 Å². The zero-order valence-corrected chi connectivity index (χ0v) is 9.25. The molecule has 0 saturated carbocycles. The van der Waals surface area contributed by atoms with Gasteiger partial charge in [0.2, 0.25) is 0 Å². The van der Waals surface area contributed by atoms with E-state index in [0.717, 1.165) is 11.1 Å². The topological polar surface area (TPSA) is 30.0 Å². The molecule has 0 N–H and O–H groups in total. The van der Waals surface area contributed by atoms with Crippen LogP contribution in [-0.4, -0.2) is 10.1 Å². The fourth-order valence-electron chi connectivity index (χ4n) is 1.47. The van der Waals surface area contributed by atoms with Gasteiger partial charge in [-0.05, 0) is 11.5 Å². The summed E-state index contributed by atoms with van der Waals surface area (Å²) < 4.78 is 0. The number of carbonyl (C=O) groups is 1. The zero-order chi connectivity index (χ0) is 10.7. The number of thioether (sulfide) groups is 1. The normalized spacial score (nSPS) is 10.5. The molecule has 76 valence electrons. The molecule has 0 aliphatic carbocycles. The Hall–Kier alpha value is -1.35. The van der Waals surface area contributed by atoms with Crippen LogP contribution in [0.15, 0.2) is 36.5 Å². The van der Waals surface area contributed by atoms with Crippen LogP contribution in [0.25, 0.3) is 10.8 Å². The minimum Gasteiger partial charge on any atom is -0.288 e. The molecule has 0 aliphatic heterocycles. The molecular formula is C12H11NOS. The molecule has 0 atom stereocenters. The van der Waals surface area contributed by atoms with E-state index in [1.165, 1.54) is 17.1 Å². The van der Waals surface area contributed by atoms with Gasteiger partial charge in [0.25, 0.3) is 0 Å². The molecule has 1 aromatic carbocycles. The van der Waals surface area contributed by atoms with Gasteiger partial charge in [-0.25, -0.2) is 0 Å². The second-order valence-electron chi connectivity index (χ2n) is 3.26. The number of hydrogen-bond acceptors (Lipinski definition) is 3. The SMILES string of the molecule is CC(=O)SCc1nccc2ccccc12. The van der Waals surface area contributed by atoms with Crippen LogP contribution >= 0.6 is 11.8 Å². The van der Waals surface area contributed by atoms with Crippen molar-refractivity contribution in [1.82, 2.24) is 4.98 Å². The maximum Gasteiger partial charge on any atom is 0.186 e. The molecule has 0 amide bonds. The van der Waals surface area contributed by atoms with Gasteiger partial charge in [-0.3, -0.25) is 9.78 Å². The Morgan fingerprint density at radius 3 is 2.93 bits per heavy atom. The standard InChI is InChI=1S/C12H11NOS/c1-9(14)15-8-12-11-5-3-2-4-10(11)6-7-13-12/h2-7H,8H2,1H3. The van der Waals surface area contributed by atoms with Gasteiger partial charge in [-0.2, -0.15) is 0 Å². The fraction of sp³-hybridized carbons (Fsp3) is 0.167. The Labute approximate surface area is 92.7 Å². The van der Waals surface area contributed by atoms with Crippen LogP contribution in [0.2, 0.25) is 0 Å². The van der Waals surface area contributed by atoms with E-state index in [2.05, 4.69) is 11.1 Å². The predicted octanol–water partition coefficient (Wildman–Crippen LogP) is 3.01. The highest BCUT2D eigenvalue weighted by Gasteiger charge is 2.03. The van der Waals surface area contributed by atoms with Crippen molar-refractivity contribution in [2.75, 3.05) is 0 Å². The molecule has 2 aromatic rings. The molecule has 3 heteroatoms. The zero-order valence-electron chi connectivity index (χ0n) is 8.43. The van der Waals surface area contributed by atoms with E-state index in [4.69, 9.17) is 0 Å². The number of fused-ring (bicyclic) bond motifs is 1. The third kappa shape index (κ3) is 2.36. The summed E-state index contributed by atoms with van der Waals surface area (Å²) in [6.07, 6.45) is 1.79. The molecule has 2 rings (SSSR count). The molecule has 0 unspecified atom stereocenters. The number of aromatic nitrogens is 1. The van der Waals surface area contributed by atoms with Crippen LogP contribution in [0.3, 0.4) is 0 Å². The average molecular weight is 217 g/mol. The first-order valence-corrected chi connectivity index (χ1v) is 5.72. The molecule has 15 heavy (non-hydrogen) atoms. The second kappa shape index (κ2) is 4.45.